The molecule has 0 aromatic carbocycles. The van der Waals surface area contributed by atoms with Crippen LogP contribution in [0, 0.1) is 11.8 Å². The van der Waals surface area contributed by atoms with Gasteiger partial charge in [-0.3, -0.25) is 37.3 Å². The fraction of sp³-hybridized carbons (Fsp3) is 0.946. The molecule has 3 N–H and O–H groups in total. The van der Waals surface area contributed by atoms with Gasteiger partial charge in [-0.1, -0.05) is 330 Å². The van der Waals surface area contributed by atoms with Crippen molar-refractivity contribution in [1.29, 1.82) is 0 Å². The van der Waals surface area contributed by atoms with Gasteiger partial charge in [0.05, 0.1) is 26.4 Å². The molecule has 552 valence electrons. The Morgan fingerprint density at radius 1 is 0.290 bits per heavy atom. The Bertz CT molecular complexity index is 1800. The largest absolute Gasteiger partial charge is 0.472 e. The summed E-state index contributed by atoms with van der Waals surface area (Å²) in [4.78, 5) is 72.6. The van der Waals surface area contributed by atoms with E-state index in [1.807, 2.05) is 0 Å². The van der Waals surface area contributed by atoms with Crippen LogP contribution in [-0.4, -0.2) is 96.7 Å². The van der Waals surface area contributed by atoms with E-state index in [1.165, 1.54) is 193 Å². The van der Waals surface area contributed by atoms with Crippen LogP contribution >= 0.6 is 15.6 Å². The summed E-state index contributed by atoms with van der Waals surface area (Å²) >= 11 is 0. The van der Waals surface area contributed by atoms with Gasteiger partial charge in [0.2, 0.25) is 0 Å². The normalized spacial score (nSPS) is 14.1. The molecule has 17 nitrogen and oxygen atoms in total. The summed E-state index contributed by atoms with van der Waals surface area (Å²) in [5.41, 5.74) is 0. The van der Waals surface area contributed by atoms with E-state index in [1.54, 1.807) is 0 Å². The van der Waals surface area contributed by atoms with Crippen molar-refractivity contribution in [3.63, 3.8) is 0 Å². The molecule has 0 aliphatic carbocycles. The van der Waals surface area contributed by atoms with Gasteiger partial charge in [-0.2, -0.15) is 0 Å². The highest BCUT2D eigenvalue weighted by atomic mass is 31.2. The maximum atomic E-state index is 13.1. The number of carbonyl (C=O) groups excluding carboxylic acids is 4. The number of aliphatic hydroxyl groups is 1. The van der Waals surface area contributed by atoms with Crippen LogP contribution in [0.25, 0.3) is 0 Å². The zero-order valence-corrected chi connectivity index (χ0v) is 62.3. The highest BCUT2D eigenvalue weighted by Gasteiger charge is 2.30. The number of aliphatic hydroxyl groups excluding tert-OH is 1. The second kappa shape index (κ2) is 66.0. The Hall–Kier alpha value is -1.94. The fourth-order valence-corrected chi connectivity index (χ4v) is 12.9. The molecular formula is C74H144O17P2. The summed E-state index contributed by atoms with van der Waals surface area (Å²) in [5, 5.41) is 10.6. The number of hydrogen-bond donors (Lipinski definition) is 3. The molecule has 2 unspecified atom stereocenters. The standard InChI is InChI=1S/C74H144O17P2/c1-7-9-11-13-15-17-18-19-20-21-22-25-29-34-40-46-52-58-73(78)90-70(63-85-72(77)57-51-45-39-33-28-26-23-24-27-31-36-42-48-54-66(3)4)65-89-93(82,83)87-61-68(75)60-86-92(80,81)88-64-69(62-84-71(76)56-50-44-38-16-14-12-10-8-2)91-74(79)59-53-47-41-35-30-32-37-43-49-55-67(5)6/h66-70,75H,7-65H2,1-6H3,(H,80,81)(H,82,83)/t68-,69+,70+/m0/s1. The average Bonchev–Trinajstić information content (AvgIpc) is 1.86. The van der Waals surface area contributed by atoms with Crippen LogP contribution in [0.1, 0.15) is 382 Å². The van der Waals surface area contributed by atoms with E-state index in [2.05, 4.69) is 41.5 Å². The summed E-state index contributed by atoms with van der Waals surface area (Å²) in [5.74, 6) is -0.593. The van der Waals surface area contributed by atoms with Crippen LogP contribution in [0.3, 0.4) is 0 Å². The quantitative estimate of drug-likeness (QED) is 0.0222. The molecule has 0 aromatic heterocycles. The lowest BCUT2D eigenvalue weighted by molar-refractivity contribution is -0.161. The topological polar surface area (TPSA) is 237 Å². The number of unbranched alkanes of at least 4 members (excludes halogenated alkanes) is 43. The third-order valence-electron chi connectivity index (χ3n) is 17.2. The maximum Gasteiger partial charge on any atom is 0.472 e. The third-order valence-corrected chi connectivity index (χ3v) is 19.1. The molecule has 0 spiro atoms. The summed E-state index contributed by atoms with van der Waals surface area (Å²) in [7, 11) is -9.90. The minimum absolute atomic E-state index is 0.105. The maximum absolute atomic E-state index is 13.1. The molecule has 0 bridgehead atoms. The first-order chi connectivity index (χ1) is 44.9. The predicted molar refractivity (Wildman–Crippen MR) is 377 cm³/mol. The van der Waals surface area contributed by atoms with Gasteiger partial charge in [-0.25, -0.2) is 9.13 Å². The van der Waals surface area contributed by atoms with E-state index in [-0.39, 0.29) is 25.7 Å². The van der Waals surface area contributed by atoms with E-state index in [4.69, 9.17) is 37.0 Å². The predicted octanol–water partition coefficient (Wildman–Crippen LogP) is 21.6. The van der Waals surface area contributed by atoms with Crippen LogP contribution in [0.2, 0.25) is 0 Å². The van der Waals surface area contributed by atoms with Crippen molar-refractivity contribution >= 4 is 39.5 Å². The summed E-state index contributed by atoms with van der Waals surface area (Å²) < 4.78 is 68.4. The molecule has 19 heteroatoms. The van der Waals surface area contributed by atoms with Gasteiger partial charge < -0.3 is 33.8 Å². The van der Waals surface area contributed by atoms with Crippen molar-refractivity contribution in [3.8, 4) is 0 Å². The molecule has 0 amide bonds. The molecule has 5 atom stereocenters. The number of ether oxygens (including phenoxy) is 4. The van der Waals surface area contributed by atoms with Gasteiger partial charge >= 0.3 is 39.5 Å². The van der Waals surface area contributed by atoms with Crippen molar-refractivity contribution in [2.45, 2.75) is 400 Å². The van der Waals surface area contributed by atoms with Crippen LogP contribution < -0.4 is 0 Å². The van der Waals surface area contributed by atoms with Crippen LogP contribution in [-0.2, 0) is 65.4 Å². The van der Waals surface area contributed by atoms with E-state index in [9.17, 15) is 43.2 Å². The summed E-state index contributed by atoms with van der Waals surface area (Å²) in [6.45, 7) is 9.55. The Labute approximate surface area is 568 Å². The molecule has 0 saturated carbocycles. The van der Waals surface area contributed by atoms with Gasteiger partial charge in [-0.15, -0.1) is 0 Å². The number of hydrogen-bond acceptors (Lipinski definition) is 15. The number of phosphoric ester groups is 2. The van der Waals surface area contributed by atoms with Crippen LogP contribution in [0.5, 0.6) is 0 Å². The molecule has 0 aromatic rings. The lowest BCUT2D eigenvalue weighted by atomic mass is 10.0. The Balaban J connectivity index is 5.22. The monoisotopic (exact) mass is 1370 g/mol. The van der Waals surface area contributed by atoms with E-state index < -0.39 is 97.5 Å². The Morgan fingerprint density at radius 2 is 0.495 bits per heavy atom. The van der Waals surface area contributed by atoms with Gasteiger partial charge in [0.25, 0.3) is 0 Å². The summed E-state index contributed by atoms with van der Waals surface area (Å²) in [6.07, 6.45) is 52.8. The average molecular weight is 1370 g/mol. The molecule has 0 rings (SSSR count). The third kappa shape index (κ3) is 68.4. The summed E-state index contributed by atoms with van der Waals surface area (Å²) in [6, 6.07) is 0. The Kier molecular flexibility index (Phi) is 64.6. The second-order valence-electron chi connectivity index (χ2n) is 27.6. The lowest BCUT2D eigenvalue weighted by Gasteiger charge is -2.21. The number of esters is 4. The highest BCUT2D eigenvalue weighted by Crippen LogP contribution is 2.45. The minimum atomic E-state index is -4.96. The molecule has 93 heavy (non-hydrogen) atoms. The zero-order valence-electron chi connectivity index (χ0n) is 60.6. The second-order valence-corrected chi connectivity index (χ2v) is 30.5. The molecule has 0 saturated heterocycles. The van der Waals surface area contributed by atoms with E-state index in [0.717, 1.165) is 108 Å². The molecule has 0 aliphatic rings. The molecule has 0 fully saturated rings. The van der Waals surface area contributed by atoms with Crippen LogP contribution in [0.15, 0.2) is 0 Å². The Morgan fingerprint density at radius 3 is 0.731 bits per heavy atom. The van der Waals surface area contributed by atoms with Crippen molar-refractivity contribution in [2.75, 3.05) is 39.6 Å². The fourth-order valence-electron chi connectivity index (χ4n) is 11.3. The number of carbonyl (C=O) groups is 4. The van der Waals surface area contributed by atoms with Crippen molar-refractivity contribution < 1.29 is 80.2 Å². The molecular weight excluding hydrogens is 1220 g/mol. The van der Waals surface area contributed by atoms with Gasteiger partial charge in [0, 0.05) is 25.7 Å². The van der Waals surface area contributed by atoms with E-state index >= 15 is 0 Å². The number of phosphoric acid groups is 2. The highest BCUT2D eigenvalue weighted by molar-refractivity contribution is 7.47. The first-order valence-corrected chi connectivity index (χ1v) is 41.5. The first kappa shape index (κ1) is 91.1. The lowest BCUT2D eigenvalue weighted by Crippen LogP contribution is -2.30. The SMILES string of the molecule is CCCCCCCCCCCCCCCCCCCC(=O)O[C@H](COC(=O)CCCCCCCCCCCCCCCC(C)C)COP(=O)(O)OC[C@@H](O)COP(=O)(O)OC[C@@H](COC(=O)CCCCCCCCCC)OC(=O)CCCCCCCCCCCC(C)C. The first-order valence-electron chi connectivity index (χ1n) is 38.5. The van der Waals surface area contributed by atoms with Crippen molar-refractivity contribution in [3.05, 3.63) is 0 Å². The van der Waals surface area contributed by atoms with Gasteiger partial charge in [0.1, 0.15) is 19.3 Å². The van der Waals surface area contributed by atoms with Crippen molar-refractivity contribution in [1.82, 2.24) is 0 Å². The number of rotatable bonds is 73. The van der Waals surface area contributed by atoms with Crippen LogP contribution in [0.4, 0.5) is 0 Å². The smallest absolute Gasteiger partial charge is 0.462 e. The van der Waals surface area contributed by atoms with Gasteiger partial charge in [-0.05, 0) is 37.5 Å². The minimum Gasteiger partial charge on any atom is -0.462 e. The van der Waals surface area contributed by atoms with Gasteiger partial charge in [0.15, 0.2) is 12.2 Å². The zero-order chi connectivity index (χ0) is 68.6. The molecule has 0 radical (unpaired) electrons. The molecule has 0 aliphatic heterocycles. The van der Waals surface area contributed by atoms with E-state index in [0.29, 0.717) is 25.7 Å². The van der Waals surface area contributed by atoms with Crippen molar-refractivity contribution in [2.24, 2.45) is 11.8 Å². The molecule has 0 heterocycles.